The van der Waals surface area contributed by atoms with E-state index < -0.39 is 5.60 Å². The molecule has 1 aliphatic carbocycles. The monoisotopic (exact) mass is 481 g/mol. The summed E-state index contributed by atoms with van der Waals surface area (Å²) < 4.78 is 16.2. The summed E-state index contributed by atoms with van der Waals surface area (Å²) in [4.78, 5) is 43.0. The molecule has 33 heavy (non-hydrogen) atoms. The molecular formula is C23H35N3O6S. The fraction of sp³-hybridized carbons (Fsp3) is 0.739. The van der Waals surface area contributed by atoms with Gasteiger partial charge in [-0.2, -0.15) is 0 Å². The van der Waals surface area contributed by atoms with Crippen LogP contribution in [0.25, 0.3) is 0 Å². The first kappa shape index (κ1) is 25.4. The maximum atomic E-state index is 12.6. The van der Waals surface area contributed by atoms with Crippen LogP contribution in [0, 0.1) is 5.92 Å². The van der Waals surface area contributed by atoms with E-state index >= 15 is 0 Å². The Morgan fingerprint density at radius 3 is 2.39 bits per heavy atom. The summed E-state index contributed by atoms with van der Waals surface area (Å²) in [5.41, 5.74) is -0.498. The SMILES string of the molecule is COC(=O)C1CCC(NC(=O)c2cnc(COC3CCN(C(=O)OC(C)(C)C)CC3)s2)CC1. The molecule has 0 aromatic carbocycles. The number of nitrogens with zero attached hydrogens (tertiary/aromatic N) is 2. The first-order chi connectivity index (χ1) is 15.6. The van der Waals surface area contributed by atoms with Crippen molar-refractivity contribution >= 4 is 29.3 Å². The van der Waals surface area contributed by atoms with E-state index in [1.165, 1.54) is 18.4 Å². The molecule has 2 heterocycles. The zero-order valence-electron chi connectivity index (χ0n) is 19.9. The third-order valence-corrected chi connectivity index (χ3v) is 6.88. The number of methoxy groups -OCH3 is 1. The molecule has 2 fully saturated rings. The Bertz CT molecular complexity index is 820. The van der Waals surface area contributed by atoms with E-state index in [2.05, 4.69) is 10.3 Å². The predicted molar refractivity (Wildman–Crippen MR) is 123 cm³/mol. The number of carbonyl (C=O) groups excluding carboxylic acids is 3. The fourth-order valence-corrected chi connectivity index (χ4v) is 4.84. The van der Waals surface area contributed by atoms with E-state index in [1.54, 1.807) is 11.1 Å². The summed E-state index contributed by atoms with van der Waals surface area (Å²) in [6.45, 7) is 7.13. The lowest BCUT2D eigenvalue weighted by molar-refractivity contribution is -0.146. The molecule has 1 aliphatic heterocycles. The van der Waals surface area contributed by atoms with Gasteiger partial charge in [-0.3, -0.25) is 9.59 Å². The lowest BCUT2D eigenvalue weighted by atomic mass is 9.86. The van der Waals surface area contributed by atoms with E-state index in [-0.39, 0.29) is 36.0 Å². The summed E-state index contributed by atoms with van der Waals surface area (Å²) in [6, 6.07) is 0.0652. The Morgan fingerprint density at radius 2 is 1.79 bits per heavy atom. The topological polar surface area (TPSA) is 107 Å². The number of thiazole rings is 1. The highest BCUT2D eigenvalue weighted by molar-refractivity contribution is 7.13. The molecular weight excluding hydrogens is 446 g/mol. The number of hydrogen-bond acceptors (Lipinski definition) is 8. The third-order valence-electron chi connectivity index (χ3n) is 5.91. The highest BCUT2D eigenvalue weighted by atomic mass is 32.1. The van der Waals surface area contributed by atoms with Crippen molar-refractivity contribution in [1.82, 2.24) is 15.2 Å². The van der Waals surface area contributed by atoms with Crippen molar-refractivity contribution in [3.63, 3.8) is 0 Å². The average Bonchev–Trinajstić information content (AvgIpc) is 3.26. The molecule has 0 atom stereocenters. The maximum absolute atomic E-state index is 12.6. The summed E-state index contributed by atoms with van der Waals surface area (Å²) >= 11 is 1.33. The van der Waals surface area contributed by atoms with Gasteiger partial charge in [0.2, 0.25) is 0 Å². The van der Waals surface area contributed by atoms with Crippen molar-refractivity contribution < 1.29 is 28.6 Å². The number of likely N-dealkylation sites (tertiary alicyclic amines) is 1. The number of hydrogen-bond donors (Lipinski definition) is 1. The van der Waals surface area contributed by atoms with Crippen LogP contribution in [0.1, 0.15) is 74.0 Å². The predicted octanol–water partition coefficient (Wildman–Crippen LogP) is 3.52. The normalized spacial score (nSPS) is 22.0. The van der Waals surface area contributed by atoms with Crippen molar-refractivity contribution in [1.29, 1.82) is 0 Å². The van der Waals surface area contributed by atoms with Gasteiger partial charge in [-0.1, -0.05) is 0 Å². The van der Waals surface area contributed by atoms with Crippen molar-refractivity contribution in [2.24, 2.45) is 5.92 Å². The Morgan fingerprint density at radius 1 is 1.12 bits per heavy atom. The van der Waals surface area contributed by atoms with Crippen LogP contribution < -0.4 is 5.32 Å². The number of rotatable bonds is 6. The van der Waals surface area contributed by atoms with Crippen LogP contribution in [0.3, 0.4) is 0 Å². The molecule has 10 heteroatoms. The average molecular weight is 482 g/mol. The van der Waals surface area contributed by atoms with Gasteiger partial charge in [-0.25, -0.2) is 9.78 Å². The van der Waals surface area contributed by atoms with E-state index in [0.717, 1.165) is 43.5 Å². The van der Waals surface area contributed by atoms with Crippen LogP contribution in [0.2, 0.25) is 0 Å². The minimum absolute atomic E-state index is 0.0508. The standard InChI is InChI=1S/C23H35N3O6S/c1-23(2,3)32-22(29)26-11-9-17(10-12-26)31-14-19-24-13-18(33-19)20(27)25-16-7-5-15(6-8-16)21(28)30-4/h13,15-17H,5-12,14H2,1-4H3,(H,25,27). The van der Waals surface area contributed by atoms with E-state index in [4.69, 9.17) is 14.2 Å². The van der Waals surface area contributed by atoms with Gasteiger partial charge in [-0.15, -0.1) is 11.3 Å². The molecule has 9 nitrogen and oxygen atoms in total. The molecule has 1 aromatic rings. The van der Waals surface area contributed by atoms with E-state index in [9.17, 15) is 14.4 Å². The zero-order valence-corrected chi connectivity index (χ0v) is 20.7. The van der Waals surface area contributed by atoms with Crippen LogP contribution in [-0.2, 0) is 25.6 Å². The molecule has 1 saturated heterocycles. The first-order valence-corrected chi connectivity index (χ1v) is 12.4. The van der Waals surface area contributed by atoms with Gasteiger partial charge in [0.05, 0.1) is 31.9 Å². The Balaban J connectivity index is 1.38. The minimum Gasteiger partial charge on any atom is -0.469 e. The third kappa shape index (κ3) is 7.67. The van der Waals surface area contributed by atoms with Crippen molar-refractivity contribution in [2.45, 2.75) is 83.6 Å². The molecule has 3 rings (SSSR count). The second-order valence-corrected chi connectivity index (χ2v) is 10.8. The highest BCUT2D eigenvalue weighted by Crippen LogP contribution is 2.26. The number of ether oxygens (including phenoxy) is 3. The zero-order chi connectivity index (χ0) is 24.0. The second kappa shape index (κ2) is 11.3. The number of esters is 1. The fourth-order valence-electron chi connectivity index (χ4n) is 4.10. The van der Waals surface area contributed by atoms with Crippen LogP contribution >= 0.6 is 11.3 Å². The largest absolute Gasteiger partial charge is 0.469 e. The van der Waals surface area contributed by atoms with Gasteiger partial charge in [0.1, 0.15) is 15.5 Å². The van der Waals surface area contributed by atoms with Gasteiger partial charge in [0, 0.05) is 19.1 Å². The Hall–Kier alpha value is -2.20. The molecule has 1 saturated carbocycles. The van der Waals surface area contributed by atoms with Gasteiger partial charge in [-0.05, 0) is 59.3 Å². The van der Waals surface area contributed by atoms with Crippen LogP contribution in [0.5, 0.6) is 0 Å². The maximum Gasteiger partial charge on any atom is 0.410 e. The summed E-state index contributed by atoms with van der Waals surface area (Å²) in [7, 11) is 1.41. The lowest BCUT2D eigenvalue weighted by Gasteiger charge is -2.33. The molecule has 0 unspecified atom stereocenters. The molecule has 0 radical (unpaired) electrons. The number of amides is 2. The van der Waals surface area contributed by atoms with E-state index in [1.807, 2.05) is 20.8 Å². The van der Waals surface area contributed by atoms with Crippen molar-refractivity contribution in [2.75, 3.05) is 20.2 Å². The Labute approximate surface area is 199 Å². The number of nitrogens with one attached hydrogen (secondary N) is 1. The van der Waals surface area contributed by atoms with Gasteiger partial charge < -0.3 is 24.4 Å². The van der Waals surface area contributed by atoms with E-state index in [0.29, 0.717) is 24.6 Å². The number of aromatic nitrogens is 1. The van der Waals surface area contributed by atoms with Gasteiger partial charge in [0.25, 0.3) is 5.91 Å². The minimum atomic E-state index is -0.498. The number of carbonyl (C=O) groups is 3. The molecule has 1 N–H and O–H groups in total. The molecule has 184 valence electrons. The lowest BCUT2D eigenvalue weighted by Crippen LogP contribution is -2.43. The molecule has 0 spiro atoms. The quantitative estimate of drug-likeness (QED) is 0.620. The van der Waals surface area contributed by atoms with Gasteiger partial charge >= 0.3 is 12.1 Å². The molecule has 2 amide bonds. The summed E-state index contributed by atoms with van der Waals surface area (Å²) in [5, 5.41) is 3.81. The van der Waals surface area contributed by atoms with Crippen LogP contribution in [-0.4, -0.2) is 65.8 Å². The summed E-state index contributed by atoms with van der Waals surface area (Å²) in [6.07, 6.45) is 5.83. The number of piperidine rings is 1. The molecule has 2 aliphatic rings. The molecule has 0 bridgehead atoms. The first-order valence-electron chi connectivity index (χ1n) is 11.6. The highest BCUT2D eigenvalue weighted by Gasteiger charge is 2.29. The van der Waals surface area contributed by atoms with Crippen molar-refractivity contribution in [3.05, 3.63) is 16.1 Å². The van der Waals surface area contributed by atoms with Crippen LogP contribution in [0.15, 0.2) is 6.20 Å². The Kier molecular flexibility index (Phi) is 8.69. The van der Waals surface area contributed by atoms with Crippen molar-refractivity contribution in [3.8, 4) is 0 Å². The second-order valence-electron chi connectivity index (χ2n) is 9.64. The molecule has 1 aromatic heterocycles. The van der Waals surface area contributed by atoms with Crippen LogP contribution in [0.4, 0.5) is 4.79 Å². The smallest absolute Gasteiger partial charge is 0.410 e. The van der Waals surface area contributed by atoms with Gasteiger partial charge in [0.15, 0.2) is 0 Å². The summed E-state index contributed by atoms with van der Waals surface area (Å²) in [5.74, 6) is -0.361.